The standard InChI is InChI=1S/C16H16FNO3/c1-10(19)11-6-8-12(9-7-11)18-16(20)15-13(17)4-3-5-14(15)21-2/h3-10,19H,1-2H3,(H,18,20). The van der Waals surface area contributed by atoms with Crippen molar-refractivity contribution >= 4 is 11.6 Å². The molecule has 110 valence electrons. The fourth-order valence-corrected chi connectivity index (χ4v) is 1.93. The molecule has 2 aromatic carbocycles. The summed E-state index contributed by atoms with van der Waals surface area (Å²) in [6.45, 7) is 1.65. The molecule has 0 aromatic heterocycles. The molecule has 1 amide bonds. The lowest BCUT2D eigenvalue weighted by molar-refractivity contribution is 0.102. The van der Waals surface area contributed by atoms with Gasteiger partial charge in [-0.25, -0.2) is 4.39 Å². The monoisotopic (exact) mass is 289 g/mol. The largest absolute Gasteiger partial charge is 0.496 e. The number of carbonyl (C=O) groups excluding carboxylic acids is 1. The Morgan fingerprint density at radius 1 is 1.24 bits per heavy atom. The van der Waals surface area contributed by atoms with Gasteiger partial charge in [-0.2, -0.15) is 0 Å². The van der Waals surface area contributed by atoms with Gasteiger partial charge in [0.15, 0.2) is 0 Å². The molecule has 0 aliphatic carbocycles. The summed E-state index contributed by atoms with van der Waals surface area (Å²) < 4.78 is 18.8. The molecule has 0 saturated heterocycles. The van der Waals surface area contributed by atoms with Crippen molar-refractivity contribution < 1.29 is 19.0 Å². The van der Waals surface area contributed by atoms with Crippen molar-refractivity contribution in [2.75, 3.05) is 12.4 Å². The van der Waals surface area contributed by atoms with E-state index in [0.29, 0.717) is 5.69 Å². The molecule has 0 spiro atoms. The van der Waals surface area contributed by atoms with Gasteiger partial charge in [0, 0.05) is 5.69 Å². The van der Waals surface area contributed by atoms with Gasteiger partial charge in [-0.15, -0.1) is 0 Å². The summed E-state index contributed by atoms with van der Waals surface area (Å²) in [4.78, 5) is 12.2. The zero-order valence-electron chi connectivity index (χ0n) is 11.8. The molecule has 0 fully saturated rings. The van der Waals surface area contributed by atoms with Crippen LogP contribution in [0.5, 0.6) is 5.75 Å². The van der Waals surface area contributed by atoms with E-state index in [4.69, 9.17) is 4.74 Å². The van der Waals surface area contributed by atoms with Gasteiger partial charge in [0.05, 0.1) is 13.2 Å². The number of hydrogen-bond donors (Lipinski definition) is 2. The van der Waals surface area contributed by atoms with Crippen molar-refractivity contribution in [3.8, 4) is 5.75 Å². The van der Waals surface area contributed by atoms with Crippen LogP contribution in [-0.4, -0.2) is 18.1 Å². The molecule has 0 heterocycles. The molecule has 0 saturated carbocycles. The summed E-state index contributed by atoms with van der Waals surface area (Å²) in [5, 5.41) is 12.0. The Hall–Kier alpha value is -2.40. The number of halogens is 1. The zero-order chi connectivity index (χ0) is 15.4. The minimum absolute atomic E-state index is 0.139. The summed E-state index contributed by atoms with van der Waals surface area (Å²) in [6.07, 6.45) is -0.582. The zero-order valence-corrected chi connectivity index (χ0v) is 11.8. The molecule has 2 N–H and O–H groups in total. The highest BCUT2D eigenvalue weighted by molar-refractivity contribution is 6.06. The number of aliphatic hydroxyl groups is 1. The minimum Gasteiger partial charge on any atom is -0.496 e. The van der Waals surface area contributed by atoms with Crippen molar-refractivity contribution in [1.82, 2.24) is 0 Å². The second kappa shape index (κ2) is 6.37. The fourth-order valence-electron chi connectivity index (χ4n) is 1.93. The van der Waals surface area contributed by atoms with Crippen LogP contribution in [0.4, 0.5) is 10.1 Å². The van der Waals surface area contributed by atoms with Gasteiger partial charge < -0.3 is 15.2 Å². The number of rotatable bonds is 4. The van der Waals surface area contributed by atoms with Crippen LogP contribution < -0.4 is 10.1 Å². The molecule has 0 aliphatic heterocycles. The first-order chi connectivity index (χ1) is 10.0. The van der Waals surface area contributed by atoms with Gasteiger partial charge in [0.25, 0.3) is 5.91 Å². The first-order valence-electron chi connectivity index (χ1n) is 6.45. The molecule has 21 heavy (non-hydrogen) atoms. The second-order valence-electron chi connectivity index (χ2n) is 4.57. The van der Waals surface area contributed by atoms with Crippen LogP contribution in [0, 0.1) is 5.82 Å². The first-order valence-corrected chi connectivity index (χ1v) is 6.45. The number of ether oxygens (including phenoxy) is 1. The maximum atomic E-state index is 13.8. The van der Waals surface area contributed by atoms with Gasteiger partial charge in [0.1, 0.15) is 17.1 Å². The smallest absolute Gasteiger partial charge is 0.262 e. The molecular formula is C16H16FNO3. The van der Waals surface area contributed by atoms with E-state index < -0.39 is 17.8 Å². The summed E-state index contributed by atoms with van der Waals surface area (Å²) in [6, 6.07) is 10.9. The summed E-state index contributed by atoms with van der Waals surface area (Å²) in [5.74, 6) is -1.06. The number of anilines is 1. The van der Waals surface area contributed by atoms with Crippen molar-refractivity contribution in [2.45, 2.75) is 13.0 Å². The Morgan fingerprint density at radius 2 is 1.90 bits per heavy atom. The highest BCUT2D eigenvalue weighted by atomic mass is 19.1. The van der Waals surface area contributed by atoms with Crippen LogP contribution in [0.15, 0.2) is 42.5 Å². The fraction of sp³-hybridized carbons (Fsp3) is 0.188. The molecule has 0 radical (unpaired) electrons. The predicted molar refractivity (Wildman–Crippen MR) is 78.0 cm³/mol. The van der Waals surface area contributed by atoms with Crippen LogP contribution >= 0.6 is 0 Å². The Labute approximate surface area is 122 Å². The van der Waals surface area contributed by atoms with Crippen molar-refractivity contribution in [3.05, 3.63) is 59.4 Å². The molecular weight excluding hydrogens is 273 g/mol. The van der Waals surface area contributed by atoms with Crippen molar-refractivity contribution in [3.63, 3.8) is 0 Å². The Balaban J connectivity index is 2.22. The number of methoxy groups -OCH3 is 1. The van der Waals surface area contributed by atoms with Gasteiger partial charge in [0.2, 0.25) is 0 Å². The number of nitrogens with one attached hydrogen (secondary N) is 1. The highest BCUT2D eigenvalue weighted by Crippen LogP contribution is 2.23. The average Bonchev–Trinajstić information content (AvgIpc) is 2.47. The predicted octanol–water partition coefficient (Wildman–Crippen LogP) is 3.14. The van der Waals surface area contributed by atoms with Gasteiger partial charge >= 0.3 is 0 Å². The third-order valence-electron chi connectivity index (χ3n) is 3.07. The van der Waals surface area contributed by atoms with Crippen LogP contribution in [0.2, 0.25) is 0 Å². The molecule has 2 rings (SSSR count). The molecule has 0 aliphatic rings. The maximum absolute atomic E-state index is 13.8. The van der Waals surface area contributed by atoms with E-state index >= 15 is 0 Å². The third kappa shape index (κ3) is 3.38. The topological polar surface area (TPSA) is 58.6 Å². The molecule has 4 nitrogen and oxygen atoms in total. The lowest BCUT2D eigenvalue weighted by Gasteiger charge is -2.11. The van der Waals surface area contributed by atoms with E-state index in [1.807, 2.05) is 0 Å². The van der Waals surface area contributed by atoms with Crippen LogP contribution in [0.1, 0.15) is 28.9 Å². The van der Waals surface area contributed by atoms with E-state index in [2.05, 4.69) is 5.32 Å². The van der Waals surface area contributed by atoms with E-state index in [9.17, 15) is 14.3 Å². The Bertz CT molecular complexity index is 638. The lowest BCUT2D eigenvalue weighted by Crippen LogP contribution is -2.15. The average molecular weight is 289 g/mol. The highest BCUT2D eigenvalue weighted by Gasteiger charge is 2.17. The van der Waals surface area contributed by atoms with Gasteiger partial charge in [-0.05, 0) is 36.8 Å². The first kappa shape index (κ1) is 15.0. The van der Waals surface area contributed by atoms with E-state index in [1.165, 1.54) is 25.3 Å². The molecule has 1 atom stereocenters. The molecule has 5 heteroatoms. The van der Waals surface area contributed by atoms with Gasteiger partial charge in [-0.3, -0.25) is 4.79 Å². The van der Waals surface area contributed by atoms with Gasteiger partial charge in [-0.1, -0.05) is 18.2 Å². The summed E-state index contributed by atoms with van der Waals surface area (Å²) in [5.41, 5.74) is 1.10. The molecule has 1 unspecified atom stereocenters. The van der Waals surface area contributed by atoms with E-state index in [1.54, 1.807) is 31.2 Å². The van der Waals surface area contributed by atoms with E-state index in [-0.39, 0.29) is 11.3 Å². The lowest BCUT2D eigenvalue weighted by atomic mass is 10.1. The summed E-state index contributed by atoms with van der Waals surface area (Å²) in [7, 11) is 1.38. The minimum atomic E-state index is -0.646. The maximum Gasteiger partial charge on any atom is 0.262 e. The van der Waals surface area contributed by atoms with Crippen molar-refractivity contribution in [1.29, 1.82) is 0 Å². The number of hydrogen-bond acceptors (Lipinski definition) is 3. The number of amides is 1. The van der Waals surface area contributed by atoms with E-state index in [0.717, 1.165) is 5.56 Å². The quantitative estimate of drug-likeness (QED) is 0.909. The SMILES string of the molecule is COc1cccc(F)c1C(=O)Nc1ccc(C(C)O)cc1. The molecule has 2 aromatic rings. The molecule has 0 bridgehead atoms. The number of benzene rings is 2. The number of carbonyl (C=O) groups is 1. The Morgan fingerprint density at radius 3 is 2.48 bits per heavy atom. The normalized spacial score (nSPS) is 11.8. The van der Waals surface area contributed by atoms with Crippen LogP contribution in [0.3, 0.4) is 0 Å². The Kier molecular flexibility index (Phi) is 4.55. The summed E-state index contributed by atoms with van der Waals surface area (Å²) >= 11 is 0. The van der Waals surface area contributed by atoms with Crippen LogP contribution in [-0.2, 0) is 0 Å². The van der Waals surface area contributed by atoms with Crippen molar-refractivity contribution in [2.24, 2.45) is 0 Å². The number of aliphatic hydroxyl groups excluding tert-OH is 1. The van der Waals surface area contributed by atoms with Crippen LogP contribution in [0.25, 0.3) is 0 Å². The third-order valence-corrected chi connectivity index (χ3v) is 3.07. The second-order valence-corrected chi connectivity index (χ2v) is 4.57.